The van der Waals surface area contributed by atoms with Crippen LogP contribution in [0.4, 0.5) is 5.69 Å². The summed E-state index contributed by atoms with van der Waals surface area (Å²) in [5.74, 6) is -0.390. The lowest BCUT2D eigenvalue weighted by Crippen LogP contribution is -2.29. The summed E-state index contributed by atoms with van der Waals surface area (Å²) in [5.41, 5.74) is 0.644. The Labute approximate surface area is 133 Å². The highest BCUT2D eigenvalue weighted by Gasteiger charge is 2.31. The zero-order valence-electron chi connectivity index (χ0n) is 11.9. The quantitative estimate of drug-likeness (QED) is 0.933. The summed E-state index contributed by atoms with van der Waals surface area (Å²) in [7, 11) is -3.58. The van der Waals surface area contributed by atoms with Crippen LogP contribution in [-0.2, 0) is 10.0 Å². The summed E-state index contributed by atoms with van der Waals surface area (Å²) in [6.07, 6.45) is 1.74. The van der Waals surface area contributed by atoms with Crippen molar-refractivity contribution in [3.8, 4) is 0 Å². The number of thiophene rings is 1. The summed E-state index contributed by atoms with van der Waals surface area (Å²) in [4.78, 5) is 12.7. The minimum atomic E-state index is -3.58. The second-order valence-electron chi connectivity index (χ2n) is 5.05. The van der Waals surface area contributed by atoms with Crippen LogP contribution in [0.5, 0.6) is 0 Å². The summed E-state index contributed by atoms with van der Waals surface area (Å²) in [6.45, 7) is 1.05. The van der Waals surface area contributed by atoms with Gasteiger partial charge >= 0.3 is 0 Å². The molecule has 1 aliphatic heterocycles. The van der Waals surface area contributed by atoms with Gasteiger partial charge in [-0.1, -0.05) is 18.2 Å². The molecule has 0 unspecified atom stereocenters. The Hall–Kier alpha value is -1.70. The van der Waals surface area contributed by atoms with E-state index in [4.69, 9.17) is 0 Å². The van der Waals surface area contributed by atoms with Gasteiger partial charge in [-0.2, -0.15) is 4.31 Å². The molecule has 1 aliphatic rings. The maximum absolute atomic E-state index is 12.6. The van der Waals surface area contributed by atoms with E-state index in [0.29, 0.717) is 18.8 Å². The normalized spacial score (nSPS) is 15.8. The summed E-state index contributed by atoms with van der Waals surface area (Å²) >= 11 is 1.14. The van der Waals surface area contributed by atoms with Crippen LogP contribution in [0.3, 0.4) is 0 Å². The molecule has 1 N–H and O–H groups in total. The molecule has 0 spiro atoms. The Morgan fingerprint density at radius 3 is 2.45 bits per heavy atom. The predicted molar refractivity (Wildman–Crippen MR) is 86.7 cm³/mol. The molecule has 3 rings (SSSR count). The number of anilines is 1. The number of hydrogen-bond acceptors (Lipinski definition) is 4. The third-order valence-corrected chi connectivity index (χ3v) is 6.53. The number of rotatable bonds is 4. The van der Waals surface area contributed by atoms with Crippen molar-refractivity contribution in [1.82, 2.24) is 4.31 Å². The smallest absolute Gasteiger partial charge is 0.267 e. The van der Waals surface area contributed by atoms with Crippen LogP contribution < -0.4 is 5.32 Å². The van der Waals surface area contributed by atoms with Gasteiger partial charge in [0.05, 0.1) is 0 Å². The Bertz CT molecular complexity index is 763. The lowest BCUT2D eigenvalue weighted by atomic mass is 10.3. The molecule has 2 aromatic rings. The maximum Gasteiger partial charge on any atom is 0.267 e. The van der Waals surface area contributed by atoms with Crippen molar-refractivity contribution in [3.05, 3.63) is 46.7 Å². The number of para-hydroxylation sites is 1. The van der Waals surface area contributed by atoms with Gasteiger partial charge in [-0.3, -0.25) is 4.79 Å². The number of benzene rings is 1. The third kappa shape index (κ3) is 2.92. The van der Waals surface area contributed by atoms with E-state index in [0.717, 1.165) is 24.2 Å². The van der Waals surface area contributed by atoms with Crippen molar-refractivity contribution < 1.29 is 13.2 Å². The molecular formula is C15H16N2O3S2. The van der Waals surface area contributed by atoms with Gasteiger partial charge in [-0.25, -0.2) is 8.42 Å². The minimum absolute atomic E-state index is 0.104. The van der Waals surface area contributed by atoms with E-state index in [-0.39, 0.29) is 15.7 Å². The SMILES string of the molecule is O=C(Nc1ccccc1)c1sccc1S(=O)(=O)N1CCCC1. The molecule has 0 aliphatic carbocycles. The fourth-order valence-corrected chi connectivity index (χ4v) is 5.26. The zero-order chi connectivity index (χ0) is 15.6. The van der Waals surface area contributed by atoms with Crippen molar-refractivity contribution in [3.63, 3.8) is 0 Å². The molecule has 0 radical (unpaired) electrons. The van der Waals surface area contributed by atoms with E-state index in [9.17, 15) is 13.2 Å². The fraction of sp³-hybridized carbons (Fsp3) is 0.267. The first-order valence-electron chi connectivity index (χ1n) is 7.03. The largest absolute Gasteiger partial charge is 0.321 e. The van der Waals surface area contributed by atoms with Crippen LogP contribution in [0, 0.1) is 0 Å². The number of amides is 1. The van der Waals surface area contributed by atoms with Gasteiger partial charge in [0, 0.05) is 18.8 Å². The molecule has 2 heterocycles. The number of hydrogen-bond donors (Lipinski definition) is 1. The van der Waals surface area contributed by atoms with Crippen LogP contribution in [0.15, 0.2) is 46.7 Å². The molecule has 0 bridgehead atoms. The molecular weight excluding hydrogens is 320 g/mol. The van der Waals surface area contributed by atoms with E-state index >= 15 is 0 Å². The highest BCUT2D eigenvalue weighted by Crippen LogP contribution is 2.28. The number of nitrogens with one attached hydrogen (secondary N) is 1. The molecule has 0 atom stereocenters. The van der Waals surface area contributed by atoms with Gasteiger partial charge in [0.25, 0.3) is 5.91 Å². The lowest BCUT2D eigenvalue weighted by molar-refractivity contribution is 0.102. The van der Waals surface area contributed by atoms with Gasteiger partial charge in [-0.05, 0) is 36.4 Å². The summed E-state index contributed by atoms with van der Waals surface area (Å²) < 4.78 is 26.7. The van der Waals surface area contributed by atoms with Gasteiger partial charge in [0.2, 0.25) is 10.0 Å². The lowest BCUT2D eigenvalue weighted by Gasteiger charge is -2.15. The standard InChI is InChI=1S/C15H16N2O3S2/c18-15(16-12-6-2-1-3-7-12)14-13(8-11-21-14)22(19,20)17-9-4-5-10-17/h1-3,6-8,11H,4-5,9-10H2,(H,16,18). The topological polar surface area (TPSA) is 66.5 Å². The molecule has 7 heteroatoms. The van der Waals surface area contributed by atoms with E-state index in [1.807, 2.05) is 18.2 Å². The summed E-state index contributed by atoms with van der Waals surface area (Å²) in [6, 6.07) is 10.5. The van der Waals surface area contributed by atoms with Crippen molar-refractivity contribution in [2.75, 3.05) is 18.4 Å². The molecule has 1 amide bonds. The Kier molecular flexibility index (Phi) is 4.28. The first-order valence-corrected chi connectivity index (χ1v) is 9.35. The molecule has 1 saturated heterocycles. The van der Waals surface area contributed by atoms with Gasteiger partial charge in [0.15, 0.2) is 0 Å². The highest BCUT2D eigenvalue weighted by atomic mass is 32.2. The van der Waals surface area contributed by atoms with Gasteiger partial charge in [0.1, 0.15) is 9.77 Å². The van der Waals surface area contributed by atoms with E-state index in [2.05, 4.69) is 5.32 Å². The maximum atomic E-state index is 12.6. The number of carbonyl (C=O) groups excluding carboxylic acids is 1. The van der Waals surface area contributed by atoms with Crippen LogP contribution in [0.1, 0.15) is 22.5 Å². The predicted octanol–water partition coefficient (Wildman–Crippen LogP) is 2.78. The van der Waals surface area contributed by atoms with Crippen LogP contribution in [0.25, 0.3) is 0 Å². The fourth-order valence-electron chi connectivity index (χ4n) is 2.44. The van der Waals surface area contributed by atoms with Crippen LogP contribution in [0.2, 0.25) is 0 Å². The van der Waals surface area contributed by atoms with Gasteiger partial charge in [-0.15, -0.1) is 11.3 Å². The third-order valence-electron chi connectivity index (χ3n) is 3.55. The Morgan fingerprint density at radius 1 is 1.09 bits per heavy atom. The molecule has 1 aromatic heterocycles. The second kappa shape index (κ2) is 6.20. The number of carbonyl (C=O) groups is 1. The Morgan fingerprint density at radius 2 is 1.77 bits per heavy atom. The number of nitrogens with zero attached hydrogens (tertiary/aromatic N) is 1. The average molecular weight is 336 g/mol. The summed E-state index contributed by atoms with van der Waals surface area (Å²) in [5, 5.41) is 4.38. The van der Waals surface area contributed by atoms with Crippen LogP contribution in [-0.4, -0.2) is 31.7 Å². The van der Waals surface area contributed by atoms with E-state index < -0.39 is 10.0 Å². The van der Waals surface area contributed by atoms with Crippen molar-refractivity contribution >= 4 is 33.0 Å². The van der Waals surface area contributed by atoms with E-state index in [1.165, 1.54) is 10.4 Å². The minimum Gasteiger partial charge on any atom is -0.321 e. The monoisotopic (exact) mass is 336 g/mol. The highest BCUT2D eigenvalue weighted by molar-refractivity contribution is 7.89. The molecule has 116 valence electrons. The molecule has 1 aromatic carbocycles. The molecule has 5 nitrogen and oxygen atoms in total. The van der Waals surface area contributed by atoms with Crippen molar-refractivity contribution in [2.24, 2.45) is 0 Å². The average Bonchev–Trinajstić information content (AvgIpc) is 3.20. The molecule has 22 heavy (non-hydrogen) atoms. The first-order chi connectivity index (χ1) is 10.6. The molecule has 1 fully saturated rings. The number of sulfonamides is 1. The molecule has 0 saturated carbocycles. The van der Waals surface area contributed by atoms with Crippen molar-refractivity contribution in [1.29, 1.82) is 0 Å². The zero-order valence-corrected chi connectivity index (χ0v) is 13.5. The first kappa shape index (κ1) is 15.2. The van der Waals surface area contributed by atoms with Crippen LogP contribution >= 0.6 is 11.3 Å². The second-order valence-corrected chi connectivity index (χ2v) is 7.87. The van der Waals surface area contributed by atoms with E-state index in [1.54, 1.807) is 17.5 Å². The van der Waals surface area contributed by atoms with Crippen molar-refractivity contribution in [2.45, 2.75) is 17.7 Å². The Balaban J connectivity index is 1.87. The van der Waals surface area contributed by atoms with Gasteiger partial charge < -0.3 is 5.32 Å².